The van der Waals surface area contributed by atoms with Gasteiger partial charge in [-0.15, -0.1) is 0 Å². The number of carboxylic acid groups (broad SMARTS) is 1. The number of anilines is 1. The second-order valence-corrected chi connectivity index (χ2v) is 5.31. The van der Waals surface area contributed by atoms with Crippen molar-refractivity contribution in [3.8, 4) is 0 Å². The first-order chi connectivity index (χ1) is 8.21. The monoisotopic (exact) mass is 250 g/mol. The van der Waals surface area contributed by atoms with Crippen molar-refractivity contribution in [3.63, 3.8) is 0 Å². The number of carbonyl (C=O) groups is 2. The predicted molar refractivity (Wildman–Crippen MR) is 68.2 cm³/mol. The molecule has 0 fully saturated rings. The highest BCUT2D eigenvalue weighted by atomic mass is 16.4. The van der Waals surface area contributed by atoms with Gasteiger partial charge in [0.25, 0.3) is 0 Å². The highest BCUT2D eigenvalue weighted by molar-refractivity contribution is 6.04. The third-order valence-corrected chi connectivity index (χ3v) is 2.55. The van der Waals surface area contributed by atoms with E-state index in [1.807, 2.05) is 6.92 Å². The van der Waals surface area contributed by atoms with Gasteiger partial charge in [0.2, 0.25) is 5.91 Å². The van der Waals surface area contributed by atoms with Gasteiger partial charge in [-0.3, -0.25) is 14.6 Å². The number of nitrogens with one attached hydrogen (secondary N) is 1. The molecule has 1 aromatic rings. The maximum absolute atomic E-state index is 12.0. The zero-order valence-corrected chi connectivity index (χ0v) is 11.0. The molecule has 5 nitrogen and oxygen atoms in total. The summed E-state index contributed by atoms with van der Waals surface area (Å²) in [6.45, 7) is 7.00. The Bertz CT molecular complexity index is 446. The Labute approximate surface area is 106 Å². The summed E-state index contributed by atoms with van der Waals surface area (Å²) < 4.78 is 0. The molecule has 0 radical (unpaired) electrons. The third kappa shape index (κ3) is 3.55. The third-order valence-electron chi connectivity index (χ3n) is 2.55. The Kier molecular flexibility index (Phi) is 4.06. The molecule has 1 atom stereocenters. The molecule has 0 aromatic carbocycles. The summed E-state index contributed by atoms with van der Waals surface area (Å²) in [6.07, 6.45) is 1.51. The number of aryl methyl sites for hydroxylation is 1. The summed E-state index contributed by atoms with van der Waals surface area (Å²) in [7, 11) is 0. The molecule has 0 aliphatic heterocycles. The first-order valence-electron chi connectivity index (χ1n) is 5.68. The zero-order valence-electron chi connectivity index (χ0n) is 11.0. The fraction of sp³-hybridized carbons (Fsp3) is 0.462. The first-order valence-corrected chi connectivity index (χ1v) is 5.68. The normalized spacial score (nSPS) is 12.9. The number of nitrogens with zero attached hydrogens (tertiary/aromatic N) is 1. The van der Waals surface area contributed by atoms with E-state index in [9.17, 15) is 9.59 Å². The molecule has 2 N–H and O–H groups in total. The van der Waals surface area contributed by atoms with Crippen molar-refractivity contribution in [2.75, 3.05) is 5.32 Å². The minimum absolute atomic E-state index is 0.501. The van der Waals surface area contributed by atoms with Gasteiger partial charge in [0.15, 0.2) is 0 Å². The molecule has 5 heteroatoms. The first kappa shape index (κ1) is 14.2. The number of rotatable bonds is 3. The van der Waals surface area contributed by atoms with Crippen molar-refractivity contribution in [1.82, 2.24) is 4.98 Å². The van der Waals surface area contributed by atoms with Crippen LogP contribution in [-0.4, -0.2) is 22.0 Å². The lowest BCUT2D eigenvalue weighted by atomic mass is 9.80. The van der Waals surface area contributed by atoms with Gasteiger partial charge in [-0.05, 0) is 24.5 Å². The van der Waals surface area contributed by atoms with Crippen molar-refractivity contribution in [2.24, 2.45) is 11.3 Å². The van der Waals surface area contributed by atoms with Gasteiger partial charge in [-0.1, -0.05) is 20.8 Å². The smallest absolute Gasteiger partial charge is 0.316 e. The molecule has 1 rings (SSSR count). The predicted octanol–water partition coefficient (Wildman–Crippen LogP) is 2.08. The Morgan fingerprint density at radius 3 is 2.33 bits per heavy atom. The van der Waals surface area contributed by atoms with Crippen molar-refractivity contribution in [2.45, 2.75) is 27.7 Å². The molecule has 1 amide bonds. The number of amides is 1. The second-order valence-electron chi connectivity index (χ2n) is 5.31. The van der Waals surface area contributed by atoms with E-state index in [1.165, 1.54) is 6.20 Å². The fourth-order valence-corrected chi connectivity index (χ4v) is 1.63. The molecule has 1 heterocycles. The molecule has 0 aliphatic rings. The van der Waals surface area contributed by atoms with Crippen LogP contribution in [0.3, 0.4) is 0 Å². The van der Waals surface area contributed by atoms with Gasteiger partial charge in [0.1, 0.15) is 5.92 Å². The van der Waals surface area contributed by atoms with Crippen LogP contribution in [0, 0.1) is 18.3 Å². The van der Waals surface area contributed by atoms with Crippen LogP contribution in [0.4, 0.5) is 5.69 Å². The molecule has 98 valence electrons. The summed E-state index contributed by atoms with van der Waals surface area (Å²) in [4.78, 5) is 27.2. The van der Waals surface area contributed by atoms with Gasteiger partial charge < -0.3 is 10.4 Å². The fourth-order valence-electron chi connectivity index (χ4n) is 1.63. The van der Waals surface area contributed by atoms with Gasteiger partial charge in [0, 0.05) is 5.69 Å². The van der Waals surface area contributed by atoms with E-state index >= 15 is 0 Å². The van der Waals surface area contributed by atoms with Crippen molar-refractivity contribution in [3.05, 3.63) is 24.0 Å². The molecule has 0 saturated carbocycles. The number of carbonyl (C=O) groups excluding carboxylic acids is 1. The van der Waals surface area contributed by atoms with Crippen LogP contribution < -0.4 is 5.32 Å². The molecule has 1 aromatic heterocycles. The van der Waals surface area contributed by atoms with Crippen molar-refractivity contribution >= 4 is 17.6 Å². The Hall–Kier alpha value is -1.91. The highest BCUT2D eigenvalue weighted by Gasteiger charge is 2.37. The molecule has 0 saturated heterocycles. The van der Waals surface area contributed by atoms with E-state index in [0.29, 0.717) is 5.69 Å². The molecule has 18 heavy (non-hydrogen) atoms. The van der Waals surface area contributed by atoms with E-state index in [-0.39, 0.29) is 0 Å². The average molecular weight is 250 g/mol. The van der Waals surface area contributed by atoms with E-state index in [2.05, 4.69) is 10.3 Å². The minimum atomic E-state index is -1.12. The van der Waals surface area contributed by atoms with Crippen LogP contribution in [0.1, 0.15) is 26.5 Å². The standard InChI is InChI=1S/C13H18N2O3/c1-8-5-6-9(7-14-8)15-11(16)10(12(17)18)13(2,3)4/h5-7,10H,1-4H3,(H,15,16)(H,17,18). The summed E-state index contributed by atoms with van der Waals surface area (Å²) in [6, 6.07) is 3.45. The van der Waals surface area contributed by atoms with Crippen LogP contribution in [0.25, 0.3) is 0 Å². The summed E-state index contributed by atoms with van der Waals surface area (Å²) >= 11 is 0. The van der Waals surface area contributed by atoms with Crippen LogP contribution >= 0.6 is 0 Å². The lowest BCUT2D eigenvalue weighted by Crippen LogP contribution is -2.39. The Morgan fingerprint density at radius 1 is 1.33 bits per heavy atom. The molecule has 0 spiro atoms. The number of aromatic nitrogens is 1. The highest BCUT2D eigenvalue weighted by Crippen LogP contribution is 2.27. The van der Waals surface area contributed by atoms with E-state index < -0.39 is 23.2 Å². The molecular weight excluding hydrogens is 232 g/mol. The van der Waals surface area contributed by atoms with Crippen LogP contribution in [0.5, 0.6) is 0 Å². The largest absolute Gasteiger partial charge is 0.481 e. The minimum Gasteiger partial charge on any atom is -0.481 e. The molecule has 0 bridgehead atoms. The quantitative estimate of drug-likeness (QED) is 0.805. The van der Waals surface area contributed by atoms with Gasteiger partial charge in [0.05, 0.1) is 11.9 Å². The van der Waals surface area contributed by atoms with E-state index in [0.717, 1.165) is 5.69 Å². The molecule has 0 aliphatic carbocycles. The lowest BCUT2D eigenvalue weighted by Gasteiger charge is -2.25. The number of aliphatic carboxylic acids is 1. The maximum Gasteiger partial charge on any atom is 0.316 e. The van der Waals surface area contributed by atoms with E-state index in [4.69, 9.17) is 5.11 Å². The van der Waals surface area contributed by atoms with Crippen LogP contribution in [0.15, 0.2) is 18.3 Å². The van der Waals surface area contributed by atoms with Crippen LogP contribution in [-0.2, 0) is 9.59 Å². The Balaban J connectivity index is 2.86. The van der Waals surface area contributed by atoms with Crippen molar-refractivity contribution < 1.29 is 14.7 Å². The lowest BCUT2D eigenvalue weighted by molar-refractivity contribution is -0.149. The van der Waals surface area contributed by atoms with Crippen LogP contribution in [0.2, 0.25) is 0 Å². The maximum atomic E-state index is 12.0. The topological polar surface area (TPSA) is 79.3 Å². The number of carboxylic acids is 1. The van der Waals surface area contributed by atoms with Gasteiger partial charge in [-0.2, -0.15) is 0 Å². The SMILES string of the molecule is Cc1ccc(NC(=O)C(C(=O)O)C(C)(C)C)cn1. The van der Waals surface area contributed by atoms with E-state index in [1.54, 1.807) is 32.9 Å². The van der Waals surface area contributed by atoms with Gasteiger partial charge >= 0.3 is 5.97 Å². The van der Waals surface area contributed by atoms with Crippen molar-refractivity contribution in [1.29, 1.82) is 0 Å². The molecule has 1 unspecified atom stereocenters. The Morgan fingerprint density at radius 2 is 1.94 bits per heavy atom. The number of hydrogen-bond donors (Lipinski definition) is 2. The summed E-state index contributed by atoms with van der Waals surface area (Å²) in [5.41, 5.74) is 0.688. The number of pyridine rings is 1. The zero-order chi connectivity index (χ0) is 13.9. The van der Waals surface area contributed by atoms with Gasteiger partial charge in [-0.25, -0.2) is 0 Å². The number of hydrogen-bond acceptors (Lipinski definition) is 3. The summed E-state index contributed by atoms with van der Waals surface area (Å²) in [5.74, 6) is -2.75. The summed E-state index contributed by atoms with van der Waals surface area (Å²) in [5, 5.41) is 11.7. The molecular formula is C13H18N2O3. The second kappa shape index (κ2) is 5.16. The average Bonchev–Trinajstić information content (AvgIpc) is 2.18.